The second-order valence-electron chi connectivity index (χ2n) is 14.6. The van der Waals surface area contributed by atoms with Crippen LogP contribution >= 0.6 is 38.6 Å². The second-order valence-corrected chi connectivity index (χ2v) is 17.6. The summed E-state index contributed by atoms with van der Waals surface area (Å²) in [4.78, 5) is 61.9. The highest BCUT2D eigenvalue weighted by Gasteiger charge is 2.40. The molecule has 10 N–H and O–H groups in total. The Balaban J connectivity index is 0.000000200. The molecule has 3 aliphatic rings. The third-order valence-corrected chi connectivity index (χ3v) is 13.5. The highest BCUT2D eigenvalue weighted by Crippen LogP contribution is 2.34. The minimum Gasteiger partial charge on any atom is -0.391 e. The van der Waals surface area contributed by atoms with Gasteiger partial charge in [-0.3, -0.25) is 19.2 Å². The summed E-state index contributed by atoms with van der Waals surface area (Å²) >= 11 is 5.99. The van der Waals surface area contributed by atoms with Crippen molar-refractivity contribution in [3.05, 3.63) is 74.6 Å². The number of piperidine rings is 2. The van der Waals surface area contributed by atoms with E-state index in [1.165, 1.54) is 22.7 Å². The third kappa shape index (κ3) is 9.78. The SMILES string of the molecule is CNC1(C(N)=O)CCN(c2ccccc2NC(=O)c2csc(Br)n2)CC1.CNC1(C(N)=O)CCN(c2ccccc2NC(=O)c2csc(N[C@H]3CCC[C@H]3O)n2)CC1. The molecule has 4 heterocycles. The van der Waals surface area contributed by atoms with E-state index < -0.39 is 11.1 Å². The standard InChI is InChI=1S/C22H30N6O3S.C17H20BrN5O2S/c1-24-22(20(23)31)9-11-28(12-10-22)17-7-3-2-5-14(17)25-19(30)16-13-32-21(27-16)26-15-6-4-8-18(15)29;1-20-17(15(19)25)6-8-23(9-7-17)13-5-3-2-4-11(13)21-14(24)12-10-26-16(18)22-12/h2-3,5,7,13,15,18,24,29H,4,6,8-12H2,1H3,(H2,23,31)(H,25,30)(H,26,27);2-5,10,20H,6-9H2,1H3,(H2,19,25)(H,21,24)/t15-,18+;/m0./s1. The predicted octanol–water partition coefficient (Wildman–Crippen LogP) is 3.97. The zero-order valence-corrected chi connectivity index (χ0v) is 35.6. The fraction of sp³-hybridized carbons (Fsp3) is 0.436. The molecule has 1 saturated carbocycles. The molecule has 0 radical (unpaired) electrons. The summed E-state index contributed by atoms with van der Waals surface area (Å²) in [5.74, 6) is -1.19. The summed E-state index contributed by atoms with van der Waals surface area (Å²) in [5, 5.41) is 29.4. The van der Waals surface area contributed by atoms with E-state index >= 15 is 0 Å². The maximum Gasteiger partial charge on any atom is 0.275 e. The molecule has 0 spiro atoms. The maximum atomic E-state index is 12.9. The van der Waals surface area contributed by atoms with Crippen molar-refractivity contribution in [1.29, 1.82) is 0 Å². The summed E-state index contributed by atoms with van der Waals surface area (Å²) in [7, 11) is 3.53. The average Bonchev–Trinajstić information content (AvgIpc) is 4.00. The number of primary amides is 2. The number of aliphatic hydroxyl groups is 1. The van der Waals surface area contributed by atoms with Crippen LogP contribution in [0.5, 0.6) is 0 Å². The lowest BCUT2D eigenvalue weighted by atomic mass is 9.86. The molecular formula is C39H50BrN11O5S2. The maximum absolute atomic E-state index is 12.9. The Morgan fingerprint density at radius 2 is 1.21 bits per heavy atom. The number of nitrogens with two attached hydrogens (primary N) is 2. The van der Waals surface area contributed by atoms with Gasteiger partial charge >= 0.3 is 0 Å². The van der Waals surface area contributed by atoms with E-state index in [2.05, 4.69) is 62.3 Å². The van der Waals surface area contributed by atoms with Gasteiger partial charge in [0.1, 0.15) is 22.5 Å². The summed E-state index contributed by atoms with van der Waals surface area (Å²) < 4.78 is 0.668. The van der Waals surface area contributed by atoms with E-state index in [-0.39, 0.29) is 35.8 Å². The molecule has 19 heteroatoms. The highest BCUT2D eigenvalue weighted by atomic mass is 79.9. The number of benzene rings is 2. The zero-order chi connectivity index (χ0) is 41.5. The van der Waals surface area contributed by atoms with E-state index in [1.807, 2.05) is 48.5 Å². The van der Waals surface area contributed by atoms with E-state index in [1.54, 1.807) is 24.9 Å². The number of thiazole rings is 2. The second kappa shape index (κ2) is 18.9. The molecular weight excluding hydrogens is 847 g/mol. The van der Waals surface area contributed by atoms with Crippen molar-refractivity contribution in [3.8, 4) is 0 Å². The first-order valence-corrected chi connectivity index (χ1v) is 21.7. The fourth-order valence-corrected chi connectivity index (χ4v) is 9.39. The van der Waals surface area contributed by atoms with Gasteiger partial charge in [0, 0.05) is 36.9 Å². The van der Waals surface area contributed by atoms with Crippen LogP contribution in [0.1, 0.15) is 65.9 Å². The smallest absolute Gasteiger partial charge is 0.275 e. The summed E-state index contributed by atoms with van der Waals surface area (Å²) in [6.07, 6.45) is 4.71. The number of nitrogens with one attached hydrogen (secondary N) is 5. The topological polar surface area (TPSA) is 233 Å². The molecule has 2 aromatic heterocycles. The van der Waals surface area contributed by atoms with Crippen LogP contribution in [0.2, 0.25) is 0 Å². The number of aromatic nitrogens is 2. The minimum absolute atomic E-state index is 0.0120. The number of nitrogens with zero attached hydrogens (tertiary/aromatic N) is 4. The number of rotatable bonds is 12. The number of para-hydroxylation sites is 4. The van der Waals surface area contributed by atoms with Crippen molar-refractivity contribution in [2.75, 3.05) is 66.0 Å². The first kappa shape index (κ1) is 42.9. The lowest BCUT2D eigenvalue weighted by molar-refractivity contribution is -0.125. The molecule has 0 unspecified atom stereocenters. The number of hydrogen-bond donors (Lipinski definition) is 8. The number of anilines is 5. The molecule has 0 bridgehead atoms. The van der Waals surface area contributed by atoms with Gasteiger partial charge in [0.2, 0.25) is 11.8 Å². The Morgan fingerprint density at radius 1 is 0.741 bits per heavy atom. The molecule has 4 aromatic rings. The van der Waals surface area contributed by atoms with E-state index in [0.29, 0.717) is 78.0 Å². The number of likely N-dealkylation sites (N-methyl/N-ethyl adjacent to an activating group) is 2. The average molecular weight is 897 g/mol. The van der Waals surface area contributed by atoms with Crippen LogP contribution < -0.4 is 47.9 Å². The van der Waals surface area contributed by atoms with Crippen molar-refractivity contribution < 1.29 is 24.3 Å². The van der Waals surface area contributed by atoms with Gasteiger partial charge in [-0.2, -0.15) is 0 Å². The van der Waals surface area contributed by atoms with Crippen molar-refractivity contribution in [3.63, 3.8) is 0 Å². The van der Waals surface area contributed by atoms with Gasteiger partial charge in [-0.15, -0.1) is 22.7 Å². The van der Waals surface area contributed by atoms with Crippen LogP contribution in [0.15, 0.2) is 63.2 Å². The van der Waals surface area contributed by atoms with Gasteiger partial charge < -0.3 is 53.0 Å². The lowest BCUT2D eigenvalue weighted by Crippen LogP contribution is -2.59. The van der Waals surface area contributed by atoms with Crippen LogP contribution in [0.4, 0.5) is 27.9 Å². The van der Waals surface area contributed by atoms with Gasteiger partial charge in [-0.25, -0.2) is 9.97 Å². The summed E-state index contributed by atoms with van der Waals surface area (Å²) in [5.41, 5.74) is 13.8. The molecule has 2 atom stereocenters. The van der Waals surface area contributed by atoms with Crippen LogP contribution in [-0.2, 0) is 9.59 Å². The fourth-order valence-electron chi connectivity index (χ4n) is 7.65. The normalized spacial score (nSPS) is 19.7. The van der Waals surface area contributed by atoms with Crippen molar-refractivity contribution in [2.45, 2.75) is 68.2 Å². The molecule has 4 amide bonds. The highest BCUT2D eigenvalue weighted by molar-refractivity contribution is 9.11. The molecule has 2 aliphatic heterocycles. The third-order valence-electron chi connectivity index (χ3n) is 11.4. The van der Waals surface area contributed by atoms with Gasteiger partial charge in [0.15, 0.2) is 9.05 Å². The van der Waals surface area contributed by atoms with Gasteiger partial charge in [-0.1, -0.05) is 24.3 Å². The molecule has 2 saturated heterocycles. The van der Waals surface area contributed by atoms with Gasteiger partial charge in [0.05, 0.1) is 34.9 Å². The van der Waals surface area contributed by atoms with Crippen molar-refractivity contribution >= 4 is 90.1 Å². The van der Waals surface area contributed by atoms with E-state index in [4.69, 9.17) is 11.5 Å². The molecule has 1 aliphatic carbocycles. The van der Waals surface area contributed by atoms with Crippen molar-refractivity contribution in [1.82, 2.24) is 20.6 Å². The van der Waals surface area contributed by atoms with Crippen LogP contribution in [0.3, 0.4) is 0 Å². The Bertz CT molecular complexity index is 2080. The number of halogens is 1. The number of amides is 4. The lowest BCUT2D eigenvalue weighted by Gasteiger charge is -2.41. The Morgan fingerprint density at radius 3 is 1.62 bits per heavy atom. The minimum atomic E-state index is -0.689. The molecule has 58 heavy (non-hydrogen) atoms. The van der Waals surface area contributed by atoms with E-state index in [9.17, 15) is 24.3 Å². The number of carbonyl (C=O) groups is 4. The van der Waals surface area contributed by atoms with Gasteiger partial charge in [-0.05, 0) is 99.2 Å². The molecule has 2 aromatic carbocycles. The Hall–Kier alpha value is -4.66. The summed E-state index contributed by atoms with van der Waals surface area (Å²) in [6.45, 7) is 2.62. The predicted molar refractivity (Wildman–Crippen MR) is 233 cm³/mol. The molecule has 3 fully saturated rings. The first-order valence-electron chi connectivity index (χ1n) is 19.2. The molecule has 7 rings (SSSR count). The Labute approximate surface area is 353 Å². The quantitative estimate of drug-likeness (QED) is 0.101. The Kier molecular flexibility index (Phi) is 14.0. The monoisotopic (exact) mass is 895 g/mol. The van der Waals surface area contributed by atoms with Crippen molar-refractivity contribution in [2.24, 2.45) is 11.5 Å². The number of hydrogen-bond acceptors (Lipinski definition) is 14. The first-order chi connectivity index (χ1) is 27.9. The number of carbonyl (C=O) groups excluding carboxylic acids is 4. The zero-order valence-electron chi connectivity index (χ0n) is 32.4. The van der Waals surface area contributed by atoms with E-state index in [0.717, 1.165) is 36.3 Å². The largest absolute Gasteiger partial charge is 0.391 e. The van der Waals surface area contributed by atoms with Crippen LogP contribution in [0, 0.1) is 0 Å². The van der Waals surface area contributed by atoms with Crippen LogP contribution in [0.25, 0.3) is 0 Å². The van der Waals surface area contributed by atoms with Crippen LogP contribution in [-0.4, -0.2) is 102 Å². The molecule has 310 valence electrons. The molecule has 16 nitrogen and oxygen atoms in total. The number of aliphatic hydroxyl groups excluding tert-OH is 1. The van der Waals surface area contributed by atoms with Gasteiger partial charge in [0.25, 0.3) is 11.8 Å². The summed E-state index contributed by atoms with van der Waals surface area (Å²) in [6, 6.07) is 15.2.